The van der Waals surface area contributed by atoms with Crippen LogP contribution < -0.4 is 10.1 Å². The molecule has 30 heavy (non-hydrogen) atoms. The number of rotatable bonds is 5. The molecule has 0 fully saturated rings. The SMILES string of the molecule is Cc1ccc(-c2nc3cc(NC(=O)COc4ccc(Cl)cc4Cl)ccc3o2)cc1C. The molecule has 0 bridgehead atoms. The number of benzene rings is 3. The maximum Gasteiger partial charge on any atom is 0.262 e. The molecule has 1 heterocycles. The molecule has 4 rings (SSSR count). The quantitative estimate of drug-likeness (QED) is 0.387. The number of ether oxygens (including phenoxy) is 1. The molecule has 0 spiro atoms. The summed E-state index contributed by atoms with van der Waals surface area (Å²) >= 11 is 11.9. The molecule has 0 aliphatic rings. The van der Waals surface area contributed by atoms with Gasteiger partial charge < -0.3 is 14.5 Å². The smallest absolute Gasteiger partial charge is 0.262 e. The number of hydrogen-bond donors (Lipinski definition) is 1. The highest BCUT2D eigenvalue weighted by Gasteiger charge is 2.12. The highest BCUT2D eigenvalue weighted by molar-refractivity contribution is 6.35. The molecule has 7 heteroatoms. The van der Waals surface area contributed by atoms with E-state index in [0.717, 1.165) is 5.56 Å². The van der Waals surface area contributed by atoms with Gasteiger partial charge in [0.25, 0.3) is 5.91 Å². The van der Waals surface area contributed by atoms with Crippen molar-refractivity contribution >= 4 is 45.9 Å². The molecule has 0 radical (unpaired) electrons. The van der Waals surface area contributed by atoms with Crippen LogP contribution in [0.2, 0.25) is 10.0 Å². The van der Waals surface area contributed by atoms with Gasteiger partial charge in [0.15, 0.2) is 12.2 Å². The minimum absolute atomic E-state index is 0.188. The summed E-state index contributed by atoms with van der Waals surface area (Å²) in [4.78, 5) is 16.8. The first kappa shape index (κ1) is 20.3. The summed E-state index contributed by atoms with van der Waals surface area (Å²) in [7, 11) is 0. The van der Waals surface area contributed by atoms with Gasteiger partial charge in [-0.2, -0.15) is 0 Å². The van der Waals surface area contributed by atoms with Crippen molar-refractivity contribution in [2.45, 2.75) is 13.8 Å². The van der Waals surface area contributed by atoms with Crippen LogP contribution in [0.3, 0.4) is 0 Å². The lowest BCUT2D eigenvalue weighted by atomic mass is 10.1. The monoisotopic (exact) mass is 440 g/mol. The number of oxazole rings is 1. The van der Waals surface area contributed by atoms with Gasteiger partial charge in [-0.3, -0.25) is 4.79 Å². The number of halogens is 2. The molecule has 0 saturated carbocycles. The van der Waals surface area contributed by atoms with E-state index in [1.165, 1.54) is 11.1 Å². The van der Waals surface area contributed by atoms with E-state index < -0.39 is 0 Å². The Hall–Kier alpha value is -3.02. The van der Waals surface area contributed by atoms with Crippen LogP contribution in [0.5, 0.6) is 5.75 Å². The summed E-state index contributed by atoms with van der Waals surface area (Å²) in [6, 6.07) is 16.2. The number of anilines is 1. The third-order valence-electron chi connectivity index (χ3n) is 4.68. The molecular weight excluding hydrogens is 423 g/mol. The number of nitrogens with one attached hydrogen (secondary N) is 1. The van der Waals surface area contributed by atoms with Crippen molar-refractivity contribution in [2.75, 3.05) is 11.9 Å². The Kier molecular flexibility index (Phi) is 5.66. The van der Waals surface area contributed by atoms with E-state index in [2.05, 4.69) is 24.1 Å². The third-order valence-corrected chi connectivity index (χ3v) is 5.21. The number of fused-ring (bicyclic) bond motifs is 1. The van der Waals surface area contributed by atoms with Gasteiger partial charge in [0, 0.05) is 16.3 Å². The van der Waals surface area contributed by atoms with E-state index in [-0.39, 0.29) is 12.5 Å². The van der Waals surface area contributed by atoms with Crippen molar-refractivity contribution < 1.29 is 13.9 Å². The van der Waals surface area contributed by atoms with Crippen LogP contribution in [-0.2, 0) is 4.79 Å². The lowest BCUT2D eigenvalue weighted by molar-refractivity contribution is -0.118. The molecule has 3 aromatic carbocycles. The van der Waals surface area contributed by atoms with Crippen molar-refractivity contribution in [3.63, 3.8) is 0 Å². The van der Waals surface area contributed by atoms with Crippen molar-refractivity contribution in [3.05, 3.63) is 75.8 Å². The van der Waals surface area contributed by atoms with E-state index >= 15 is 0 Å². The Morgan fingerprint density at radius 3 is 2.63 bits per heavy atom. The van der Waals surface area contributed by atoms with E-state index in [1.54, 1.807) is 36.4 Å². The molecule has 1 amide bonds. The van der Waals surface area contributed by atoms with Gasteiger partial charge in [-0.05, 0) is 73.5 Å². The van der Waals surface area contributed by atoms with Crippen LogP contribution in [0, 0.1) is 13.8 Å². The van der Waals surface area contributed by atoms with E-state index in [0.29, 0.717) is 38.5 Å². The number of aromatic nitrogens is 1. The second-order valence-corrected chi connectivity index (χ2v) is 7.76. The Labute approximate surface area is 183 Å². The molecule has 4 aromatic rings. The molecule has 0 aliphatic heterocycles. The summed E-state index contributed by atoms with van der Waals surface area (Å²) in [5, 5.41) is 3.63. The molecular formula is C23H18Cl2N2O3. The van der Waals surface area contributed by atoms with Gasteiger partial charge in [0.1, 0.15) is 11.3 Å². The average Bonchev–Trinajstić information content (AvgIpc) is 3.13. The largest absolute Gasteiger partial charge is 0.482 e. The summed E-state index contributed by atoms with van der Waals surface area (Å²) in [5.41, 5.74) is 5.19. The summed E-state index contributed by atoms with van der Waals surface area (Å²) < 4.78 is 11.3. The van der Waals surface area contributed by atoms with Crippen LogP contribution in [-0.4, -0.2) is 17.5 Å². The molecule has 1 N–H and O–H groups in total. The van der Waals surface area contributed by atoms with Crippen molar-refractivity contribution in [1.29, 1.82) is 0 Å². The molecule has 5 nitrogen and oxygen atoms in total. The lowest BCUT2D eigenvalue weighted by Crippen LogP contribution is -2.20. The van der Waals surface area contributed by atoms with Gasteiger partial charge >= 0.3 is 0 Å². The predicted octanol–water partition coefficient (Wildman–Crippen LogP) is 6.44. The standard InChI is InChI=1S/C23H18Cl2N2O3/c1-13-3-4-15(9-14(13)2)23-27-19-11-17(6-8-21(19)30-23)26-22(28)12-29-20-7-5-16(24)10-18(20)25/h3-11H,12H2,1-2H3,(H,26,28). The van der Waals surface area contributed by atoms with Crippen molar-refractivity contribution in [3.8, 4) is 17.2 Å². The lowest BCUT2D eigenvalue weighted by Gasteiger charge is -2.09. The highest BCUT2D eigenvalue weighted by Crippen LogP contribution is 2.29. The Morgan fingerprint density at radius 1 is 1.03 bits per heavy atom. The van der Waals surface area contributed by atoms with E-state index in [9.17, 15) is 4.79 Å². The summed E-state index contributed by atoms with van der Waals surface area (Å²) in [6.07, 6.45) is 0. The predicted molar refractivity (Wildman–Crippen MR) is 120 cm³/mol. The van der Waals surface area contributed by atoms with E-state index in [1.807, 2.05) is 18.2 Å². The van der Waals surface area contributed by atoms with Crippen LogP contribution in [0.4, 0.5) is 5.69 Å². The van der Waals surface area contributed by atoms with E-state index in [4.69, 9.17) is 32.4 Å². The second kappa shape index (κ2) is 8.38. The average molecular weight is 441 g/mol. The van der Waals surface area contributed by atoms with Gasteiger partial charge in [0.05, 0.1) is 5.02 Å². The van der Waals surface area contributed by atoms with Gasteiger partial charge in [0.2, 0.25) is 5.89 Å². The first-order valence-electron chi connectivity index (χ1n) is 9.25. The number of hydrogen-bond acceptors (Lipinski definition) is 4. The topological polar surface area (TPSA) is 64.4 Å². The second-order valence-electron chi connectivity index (χ2n) is 6.91. The zero-order chi connectivity index (χ0) is 21.3. The van der Waals surface area contributed by atoms with Gasteiger partial charge in [-0.1, -0.05) is 29.3 Å². The maximum absolute atomic E-state index is 12.2. The molecule has 0 saturated heterocycles. The third kappa shape index (κ3) is 4.42. The Balaban J connectivity index is 1.46. The Morgan fingerprint density at radius 2 is 1.87 bits per heavy atom. The van der Waals surface area contributed by atoms with Crippen LogP contribution in [0.15, 0.2) is 59.0 Å². The highest BCUT2D eigenvalue weighted by atomic mass is 35.5. The number of amides is 1. The Bertz CT molecular complexity index is 1250. The minimum Gasteiger partial charge on any atom is -0.482 e. The fourth-order valence-electron chi connectivity index (χ4n) is 2.94. The first-order chi connectivity index (χ1) is 14.4. The molecule has 0 aliphatic carbocycles. The van der Waals surface area contributed by atoms with Crippen LogP contribution in [0.25, 0.3) is 22.6 Å². The molecule has 0 unspecified atom stereocenters. The number of carbonyl (C=O) groups excluding carboxylic acids is 1. The zero-order valence-electron chi connectivity index (χ0n) is 16.3. The van der Waals surface area contributed by atoms with Gasteiger partial charge in [-0.25, -0.2) is 4.98 Å². The molecule has 1 aromatic heterocycles. The van der Waals surface area contributed by atoms with Crippen molar-refractivity contribution in [2.24, 2.45) is 0 Å². The van der Waals surface area contributed by atoms with Crippen LogP contribution >= 0.6 is 23.2 Å². The minimum atomic E-state index is -0.321. The molecule has 0 atom stereocenters. The number of nitrogens with zero attached hydrogens (tertiary/aromatic N) is 1. The maximum atomic E-state index is 12.2. The van der Waals surface area contributed by atoms with Crippen molar-refractivity contribution in [1.82, 2.24) is 4.98 Å². The summed E-state index contributed by atoms with van der Waals surface area (Å²) in [6.45, 7) is 3.92. The van der Waals surface area contributed by atoms with Crippen LogP contribution in [0.1, 0.15) is 11.1 Å². The summed E-state index contributed by atoms with van der Waals surface area (Å²) in [5.74, 6) is 0.608. The first-order valence-corrected chi connectivity index (χ1v) is 10.0. The number of aryl methyl sites for hydroxylation is 2. The molecule has 152 valence electrons. The number of carbonyl (C=O) groups is 1. The normalized spacial score (nSPS) is 10.9. The zero-order valence-corrected chi connectivity index (χ0v) is 17.8. The van der Waals surface area contributed by atoms with Gasteiger partial charge in [-0.15, -0.1) is 0 Å². The fourth-order valence-corrected chi connectivity index (χ4v) is 3.40. The fraction of sp³-hybridized carbons (Fsp3) is 0.130.